The Labute approximate surface area is 119 Å². The molecule has 0 heterocycles. The van der Waals surface area contributed by atoms with Crippen LogP contribution in [-0.4, -0.2) is 17.6 Å². The summed E-state index contributed by atoms with van der Waals surface area (Å²) in [6, 6.07) is 7.02. The van der Waals surface area contributed by atoms with Gasteiger partial charge in [-0.25, -0.2) is 4.99 Å². The molecule has 0 unspecified atom stereocenters. The van der Waals surface area contributed by atoms with Gasteiger partial charge in [0.05, 0.1) is 6.54 Å². The van der Waals surface area contributed by atoms with Gasteiger partial charge in [-0.05, 0) is 24.1 Å². The molecule has 0 aliphatic heterocycles. The van der Waals surface area contributed by atoms with Crippen LogP contribution in [0.1, 0.15) is 25.3 Å². The Balaban J connectivity index is 0.00000256. The molecule has 0 aliphatic carbocycles. The van der Waals surface area contributed by atoms with Crippen molar-refractivity contribution in [2.45, 2.75) is 26.3 Å². The summed E-state index contributed by atoms with van der Waals surface area (Å²) >= 11 is 0. The summed E-state index contributed by atoms with van der Waals surface area (Å²) in [5.74, 6) is 0.710. The van der Waals surface area contributed by atoms with Crippen LogP contribution in [0.3, 0.4) is 0 Å². The molecule has 1 rings (SSSR count). The Bertz CT molecular complexity index is 355. The summed E-state index contributed by atoms with van der Waals surface area (Å²) in [6.45, 7) is 3.47. The van der Waals surface area contributed by atoms with Crippen molar-refractivity contribution in [1.29, 1.82) is 0 Å². The third kappa shape index (κ3) is 7.04. The minimum Gasteiger partial charge on any atom is -0.508 e. The smallest absolute Gasteiger partial charge is 0.188 e. The third-order valence-corrected chi connectivity index (χ3v) is 2.18. The Morgan fingerprint density at radius 2 is 2.24 bits per heavy atom. The van der Waals surface area contributed by atoms with E-state index in [-0.39, 0.29) is 29.7 Å². The number of hydrogen-bond donors (Lipinski definition) is 3. The van der Waals surface area contributed by atoms with Gasteiger partial charge in [0.2, 0.25) is 0 Å². The quantitative estimate of drug-likeness (QED) is 0.330. The number of aromatic hydroxyl groups is 1. The average Bonchev–Trinajstić information content (AvgIpc) is 2.27. The van der Waals surface area contributed by atoms with Crippen LogP contribution in [0.2, 0.25) is 0 Å². The first-order chi connectivity index (χ1) is 7.72. The molecular weight excluding hydrogens is 329 g/mol. The summed E-state index contributed by atoms with van der Waals surface area (Å²) in [7, 11) is 0. The Hall–Kier alpha value is -0.980. The van der Waals surface area contributed by atoms with Crippen LogP contribution >= 0.6 is 24.0 Å². The van der Waals surface area contributed by atoms with Crippen LogP contribution < -0.4 is 11.1 Å². The van der Waals surface area contributed by atoms with Gasteiger partial charge in [-0.15, -0.1) is 24.0 Å². The van der Waals surface area contributed by atoms with E-state index in [0.29, 0.717) is 12.5 Å². The Morgan fingerprint density at radius 3 is 2.88 bits per heavy atom. The second kappa shape index (κ2) is 9.09. The number of halogens is 1. The highest BCUT2D eigenvalue weighted by molar-refractivity contribution is 14.0. The molecule has 4 nitrogen and oxygen atoms in total. The van der Waals surface area contributed by atoms with E-state index in [4.69, 9.17) is 5.73 Å². The number of aliphatic imine (C=N–C) groups is 1. The lowest BCUT2D eigenvalue weighted by Gasteiger charge is -2.04. The summed E-state index contributed by atoms with van der Waals surface area (Å²) in [5.41, 5.74) is 6.62. The maximum Gasteiger partial charge on any atom is 0.188 e. The first kappa shape index (κ1) is 16.0. The van der Waals surface area contributed by atoms with E-state index < -0.39 is 0 Å². The molecule has 17 heavy (non-hydrogen) atoms. The maximum atomic E-state index is 9.26. The van der Waals surface area contributed by atoms with Crippen LogP contribution in [0.4, 0.5) is 0 Å². The van der Waals surface area contributed by atoms with Crippen LogP contribution in [-0.2, 0) is 6.54 Å². The fourth-order valence-corrected chi connectivity index (χ4v) is 1.28. The van der Waals surface area contributed by atoms with Gasteiger partial charge in [0.1, 0.15) is 5.75 Å². The van der Waals surface area contributed by atoms with Crippen LogP contribution in [0.25, 0.3) is 0 Å². The fourth-order valence-electron chi connectivity index (χ4n) is 1.28. The highest BCUT2D eigenvalue weighted by Gasteiger charge is 1.94. The highest BCUT2D eigenvalue weighted by Crippen LogP contribution is 2.11. The van der Waals surface area contributed by atoms with Crippen molar-refractivity contribution in [2.75, 3.05) is 6.54 Å². The molecule has 1 aromatic rings. The standard InChI is InChI=1S/C12H19N3O.HI/c1-2-3-7-14-12(13)15-9-10-5-4-6-11(16)8-10;/h4-6,8,16H,2-3,7,9H2,1H3,(H3,13,14,15);1H. The number of nitrogens with one attached hydrogen (secondary N) is 1. The molecule has 0 radical (unpaired) electrons. The van der Waals surface area contributed by atoms with Gasteiger partial charge in [-0.2, -0.15) is 0 Å². The van der Waals surface area contributed by atoms with Crippen molar-refractivity contribution in [3.8, 4) is 5.75 Å². The normalized spacial score (nSPS) is 10.8. The first-order valence-corrected chi connectivity index (χ1v) is 5.54. The molecule has 4 N–H and O–H groups in total. The lowest BCUT2D eigenvalue weighted by molar-refractivity contribution is 0.474. The lowest BCUT2D eigenvalue weighted by atomic mass is 10.2. The van der Waals surface area contributed by atoms with Crippen molar-refractivity contribution in [3.05, 3.63) is 29.8 Å². The van der Waals surface area contributed by atoms with Crippen molar-refractivity contribution < 1.29 is 5.11 Å². The van der Waals surface area contributed by atoms with Gasteiger partial charge in [0.15, 0.2) is 5.96 Å². The number of benzene rings is 1. The summed E-state index contributed by atoms with van der Waals surface area (Å²) in [4.78, 5) is 4.18. The molecule has 0 fully saturated rings. The number of hydrogen-bond acceptors (Lipinski definition) is 2. The highest BCUT2D eigenvalue weighted by atomic mass is 127. The van der Waals surface area contributed by atoms with Crippen molar-refractivity contribution in [1.82, 2.24) is 5.32 Å². The predicted molar refractivity (Wildman–Crippen MR) is 81.8 cm³/mol. The lowest BCUT2D eigenvalue weighted by Crippen LogP contribution is -2.32. The minimum absolute atomic E-state index is 0. The van der Waals surface area contributed by atoms with Crippen LogP contribution in [0.5, 0.6) is 5.75 Å². The number of nitrogens with two attached hydrogens (primary N) is 1. The second-order valence-corrected chi connectivity index (χ2v) is 3.65. The van der Waals surface area contributed by atoms with E-state index in [9.17, 15) is 5.11 Å². The zero-order chi connectivity index (χ0) is 11.8. The number of phenolic OH excluding ortho intramolecular Hbond substituents is 1. The number of unbranched alkanes of at least 4 members (excludes halogenated alkanes) is 1. The largest absolute Gasteiger partial charge is 0.508 e. The molecule has 0 amide bonds. The van der Waals surface area contributed by atoms with E-state index in [0.717, 1.165) is 24.9 Å². The molecule has 5 heteroatoms. The topological polar surface area (TPSA) is 70.6 Å². The van der Waals surface area contributed by atoms with Gasteiger partial charge >= 0.3 is 0 Å². The number of nitrogens with zero attached hydrogens (tertiary/aromatic N) is 1. The zero-order valence-corrected chi connectivity index (χ0v) is 12.3. The van der Waals surface area contributed by atoms with Crippen LogP contribution in [0, 0.1) is 0 Å². The first-order valence-electron chi connectivity index (χ1n) is 5.54. The molecule has 1 aromatic carbocycles. The average molecular weight is 349 g/mol. The molecule has 0 atom stereocenters. The molecule has 0 aliphatic rings. The van der Waals surface area contributed by atoms with E-state index in [1.807, 2.05) is 6.07 Å². The minimum atomic E-state index is 0. The van der Waals surface area contributed by atoms with Crippen molar-refractivity contribution in [2.24, 2.45) is 10.7 Å². The van der Waals surface area contributed by atoms with Crippen LogP contribution in [0.15, 0.2) is 29.3 Å². The van der Waals surface area contributed by atoms with Gasteiger partial charge in [0.25, 0.3) is 0 Å². The van der Waals surface area contributed by atoms with Gasteiger partial charge < -0.3 is 16.2 Å². The monoisotopic (exact) mass is 349 g/mol. The third-order valence-electron chi connectivity index (χ3n) is 2.18. The summed E-state index contributed by atoms with van der Waals surface area (Å²) < 4.78 is 0. The van der Waals surface area contributed by atoms with Gasteiger partial charge in [-0.3, -0.25) is 0 Å². The summed E-state index contributed by atoms with van der Waals surface area (Å²) in [6.07, 6.45) is 2.22. The fraction of sp³-hybridized carbons (Fsp3) is 0.417. The Morgan fingerprint density at radius 1 is 1.47 bits per heavy atom. The second-order valence-electron chi connectivity index (χ2n) is 3.65. The van der Waals surface area contributed by atoms with Gasteiger partial charge in [0, 0.05) is 6.54 Å². The van der Waals surface area contributed by atoms with E-state index >= 15 is 0 Å². The zero-order valence-electron chi connectivity index (χ0n) is 10.0. The molecule has 0 bridgehead atoms. The van der Waals surface area contributed by atoms with Crippen molar-refractivity contribution in [3.63, 3.8) is 0 Å². The van der Waals surface area contributed by atoms with Crippen molar-refractivity contribution >= 4 is 29.9 Å². The maximum absolute atomic E-state index is 9.26. The number of rotatable bonds is 5. The van der Waals surface area contributed by atoms with E-state index in [2.05, 4.69) is 17.2 Å². The molecule has 0 saturated heterocycles. The SMILES string of the molecule is CCCCNC(N)=NCc1cccc(O)c1.I. The molecule has 0 spiro atoms. The predicted octanol–water partition coefficient (Wildman–Crippen LogP) is 2.21. The number of phenols is 1. The van der Waals surface area contributed by atoms with E-state index in [1.54, 1.807) is 18.2 Å². The summed E-state index contributed by atoms with van der Waals surface area (Å²) in [5, 5.41) is 12.3. The van der Waals surface area contributed by atoms with E-state index in [1.165, 1.54) is 0 Å². The Kier molecular flexibility index (Phi) is 8.57. The number of guanidine groups is 1. The van der Waals surface area contributed by atoms with Gasteiger partial charge in [-0.1, -0.05) is 25.5 Å². The molecule has 96 valence electrons. The molecular formula is C12H20IN3O. The molecule has 0 aromatic heterocycles. The molecule has 0 saturated carbocycles.